The quantitative estimate of drug-likeness (QED) is 0.445. The third-order valence-corrected chi connectivity index (χ3v) is 4.93. The summed E-state index contributed by atoms with van der Waals surface area (Å²) in [6.45, 7) is 0. The molecule has 164 valence electrons. The van der Waals surface area contributed by atoms with Crippen molar-refractivity contribution >= 4 is 17.6 Å². The molecule has 1 aromatic carbocycles. The number of methoxy groups -OCH3 is 1. The van der Waals surface area contributed by atoms with E-state index in [1.807, 2.05) is 22.7 Å². The summed E-state index contributed by atoms with van der Waals surface area (Å²) in [6.07, 6.45) is 5.85. The summed E-state index contributed by atoms with van der Waals surface area (Å²) in [5.41, 5.74) is 3.22. The number of fused-ring (bicyclic) bond motifs is 1. The largest absolute Gasteiger partial charge is 0.453 e. The van der Waals surface area contributed by atoms with E-state index in [0.29, 0.717) is 28.5 Å². The zero-order valence-corrected chi connectivity index (χ0v) is 17.1. The number of imidazole rings is 1. The molecule has 0 saturated heterocycles. The van der Waals surface area contributed by atoms with Crippen molar-refractivity contribution in [1.82, 2.24) is 29.1 Å². The lowest BCUT2D eigenvalue weighted by Gasteiger charge is -2.09. The number of rotatable bonds is 4. The lowest BCUT2D eigenvalue weighted by molar-refractivity contribution is 0.187. The van der Waals surface area contributed by atoms with Crippen molar-refractivity contribution in [3.63, 3.8) is 0 Å². The second-order valence-corrected chi connectivity index (χ2v) is 6.93. The van der Waals surface area contributed by atoms with E-state index in [4.69, 9.17) is 0 Å². The minimum absolute atomic E-state index is 0.338. The molecule has 1 amide bonds. The van der Waals surface area contributed by atoms with Crippen LogP contribution in [0.15, 0.2) is 67.4 Å². The lowest BCUT2D eigenvalue weighted by atomic mass is 10.2. The van der Waals surface area contributed by atoms with Gasteiger partial charge in [-0.05, 0) is 36.4 Å². The second kappa shape index (κ2) is 8.11. The molecule has 11 heteroatoms. The van der Waals surface area contributed by atoms with Crippen molar-refractivity contribution in [2.45, 2.75) is 0 Å². The van der Waals surface area contributed by atoms with E-state index >= 15 is 0 Å². The minimum Gasteiger partial charge on any atom is -0.453 e. The monoisotopic (exact) mass is 447 g/mol. The molecule has 0 aliphatic rings. The number of aromatic nitrogens is 6. The predicted octanol–water partition coefficient (Wildman–Crippen LogP) is 4.10. The molecule has 0 radical (unpaired) electrons. The Hall–Kier alpha value is -4.67. The van der Waals surface area contributed by atoms with Crippen molar-refractivity contribution in [2.75, 3.05) is 12.4 Å². The summed E-state index contributed by atoms with van der Waals surface area (Å²) >= 11 is 0. The van der Waals surface area contributed by atoms with Crippen LogP contribution in [0, 0.1) is 11.6 Å². The van der Waals surface area contributed by atoms with Gasteiger partial charge in [0.2, 0.25) is 0 Å². The van der Waals surface area contributed by atoms with Gasteiger partial charge in [0.1, 0.15) is 17.8 Å². The minimum atomic E-state index is -0.973. The number of anilines is 1. The first-order valence-electron chi connectivity index (χ1n) is 9.68. The topological polar surface area (TPSA) is 99.2 Å². The molecule has 5 rings (SSSR count). The Bertz CT molecular complexity index is 1480. The van der Waals surface area contributed by atoms with Crippen LogP contribution in [0.4, 0.5) is 19.4 Å². The number of hydrogen-bond acceptors (Lipinski definition) is 6. The number of nitrogens with zero attached hydrogens (tertiary/aromatic N) is 6. The van der Waals surface area contributed by atoms with Gasteiger partial charge in [0.25, 0.3) is 0 Å². The van der Waals surface area contributed by atoms with Gasteiger partial charge < -0.3 is 4.74 Å². The summed E-state index contributed by atoms with van der Waals surface area (Å²) in [4.78, 5) is 24.3. The van der Waals surface area contributed by atoms with Crippen LogP contribution in [0.25, 0.3) is 34.0 Å². The number of hydrogen-bond donors (Lipinski definition) is 1. The number of pyridine rings is 2. The summed E-state index contributed by atoms with van der Waals surface area (Å²) in [7, 11) is 1.27. The molecular weight excluding hydrogens is 432 g/mol. The highest BCUT2D eigenvalue weighted by molar-refractivity contribution is 5.83. The maximum Gasteiger partial charge on any atom is 0.412 e. The van der Waals surface area contributed by atoms with E-state index in [1.54, 1.807) is 24.5 Å². The van der Waals surface area contributed by atoms with Crippen LogP contribution in [0.5, 0.6) is 0 Å². The van der Waals surface area contributed by atoms with Gasteiger partial charge in [-0.15, -0.1) is 0 Å². The molecule has 0 atom stereocenters. The summed E-state index contributed by atoms with van der Waals surface area (Å²) in [5, 5.41) is 6.65. The van der Waals surface area contributed by atoms with Crippen molar-refractivity contribution in [3.8, 4) is 28.3 Å². The first-order chi connectivity index (χ1) is 16.0. The Morgan fingerprint density at radius 3 is 2.58 bits per heavy atom. The summed E-state index contributed by atoms with van der Waals surface area (Å²) in [5.74, 6) is -1.12. The summed E-state index contributed by atoms with van der Waals surface area (Å²) < 4.78 is 34.9. The van der Waals surface area contributed by atoms with E-state index in [0.717, 1.165) is 23.4 Å². The van der Waals surface area contributed by atoms with Crippen LogP contribution in [0.2, 0.25) is 0 Å². The number of carbonyl (C=O) groups excluding carboxylic acids is 1. The number of amides is 1. The van der Waals surface area contributed by atoms with Gasteiger partial charge in [-0.3, -0.25) is 9.72 Å². The Labute approximate surface area is 185 Å². The number of nitrogens with one attached hydrogen (secondary N) is 1. The van der Waals surface area contributed by atoms with Gasteiger partial charge in [0, 0.05) is 29.6 Å². The molecular formula is C22H15F2N7O2. The number of benzene rings is 1. The first kappa shape index (κ1) is 20.2. The van der Waals surface area contributed by atoms with Gasteiger partial charge in [0.15, 0.2) is 17.5 Å². The summed E-state index contributed by atoms with van der Waals surface area (Å²) in [6, 6.07) is 10.6. The van der Waals surface area contributed by atoms with Crippen molar-refractivity contribution in [2.24, 2.45) is 0 Å². The maximum absolute atomic E-state index is 13.7. The molecule has 0 aliphatic carbocycles. The van der Waals surface area contributed by atoms with Crippen molar-refractivity contribution < 1.29 is 18.3 Å². The molecule has 0 aliphatic heterocycles. The van der Waals surface area contributed by atoms with E-state index < -0.39 is 17.7 Å². The first-order valence-corrected chi connectivity index (χ1v) is 9.68. The fraction of sp³-hybridized carbons (Fsp3) is 0.0455. The Kier molecular flexibility index (Phi) is 4.98. The third kappa shape index (κ3) is 3.76. The zero-order chi connectivity index (χ0) is 22.9. The molecule has 1 N–H and O–H groups in total. The predicted molar refractivity (Wildman–Crippen MR) is 115 cm³/mol. The molecule has 0 saturated carbocycles. The standard InChI is InChI=1S/C22H15F2N7O2/c1-33-22(32)29-19-6-2-13(9-25-19)18-10-26-20-7-3-14(11-30(18)20)21-27-12-28-31(21)15-4-5-16(23)17(24)8-15/h2-12H,1H3,(H,25,29,32). The number of carbonyl (C=O) groups is 1. The zero-order valence-electron chi connectivity index (χ0n) is 17.1. The van der Waals surface area contributed by atoms with Crippen LogP contribution >= 0.6 is 0 Å². The van der Waals surface area contributed by atoms with Crippen LogP contribution in [-0.2, 0) is 4.74 Å². The van der Waals surface area contributed by atoms with Crippen LogP contribution < -0.4 is 5.32 Å². The highest BCUT2D eigenvalue weighted by Gasteiger charge is 2.14. The second-order valence-electron chi connectivity index (χ2n) is 6.93. The highest BCUT2D eigenvalue weighted by atomic mass is 19.2. The highest BCUT2D eigenvalue weighted by Crippen LogP contribution is 2.26. The molecule has 5 aromatic rings. The fourth-order valence-electron chi connectivity index (χ4n) is 3.35. The van der Waals surface area contributed by atoms with Crippen LogP contribution in [0.1, 0.15) is 0 Å². The van der Waals surface area contributed by atoms with E-state index in [9.17, 15) is 13.6 Å². The lowest BCUT2D eigenvalue weighted by Crippen LogP contribution is -2.11. The average Bonchev–Trinajstić information content (AvgIpc) is 3.48. The Morgan fingerprint density at radius 2 is 1.82 bits per heavy atom. The van der Waals surface area contributed by atoms with Gasteiger partial charge in [-0.1, -0.05) is 0 Å². The molecule has 33 heavy (non-hydrogen) atoms. The van der Waals surface area contributed by atoms with E-state index in [1.165, 1.54) is 24.2 Å². The molecule has 0 unspecified atom stereocenters. The Morgan fingerprint density at radius 1 is 0.970 bits per heavy atom. The van der Waals surface area contributed by atoms with Gasteiger partial charge in [0.05, 0.1) is 24.7 Å². The van der Waals surface area contributed by atoms with Gasteiger partial charge in [-0.2, -0.15) is 5.10 Å². The molecule has 0 spiro atoms. The molecule has 9 nitrogen and oxygen atoms in total. The molecule has 4 heterocycles. The Balaban J connectivity index is 1.53. The van der Waals surface area contributed by atoms with Crippen LogP contribution in [0.3, 0.4) is 0 Å². The SMILES string of the molecule is COC(=O)Nc1ccc(-c2cnc3ccc(-c4ncnn4-c4ccc(F)c(F)c4)cn23)cn1. The van der Waals surface area contributed by atoms with E-state index in [-0.39, 0.29) is 0 Å². The molecule has 0 fully saturated rings. The third-order valence-electron chi connectivity index (χ3n) is 4.93. The van der Waals surface area contributed by atoms with Gasteiger partial charge in [-0.25, -0.2) is 33.2 Å². The smallest absolute Gasteiger partial charge is 0.412 e. The molecule has 4 aromatic heterocycles. The maximum atomic E-state index is 13.7. The normalized spacial score (nSPS) is 11.0. The van der Waals surface area contributed by atoms with E-state index in [2.05, 4.69) is 30.1 Å². The van der Waals surface area contributed by atoms with Gasteiger partial charge >= 0.3 is 6.09 Å². The number of halogens is 2. The van der Waals surface area contributed by atoms with Crippen LogP contribution in [-0.4, -0.2) is 42.3 Å². The average molecular weight is 447 g/mol. The van der Waals surface area contributed by atoms with Crippen molar-refractivity contribution in [1.29, 1.82) is 0 Å². The number of ether oxygens (including phenoxy) is 1. The fourth-order valence-corrected chi connectivity index (χ4v) is 3.35. The molecule has 0 bridgehead atoms. The van der Waals surface area contributed by atoms with Crippen molar-refractivity contribution in [3.05, 3.63) is 79.0 Å².